The number of hydrogen-bond acceptors (Lipinski definition) is 4. The van der Waals surface area contributed by atoms with E-state index < -0.39 is 5.97 Å². The Morgan fingerprint density at radius 2 is 1.71 bits per heavy atom. The van der Waals surface area contributed by atoms with Crippen LogP contribution in [0.25, 0.3) is 0 Å². The number of hydrogen-bond donors (Lipinski definition) is 1. The van der Waals surface area contributed by atoms with Gasteiger partial charge in [-0.2, -0.15) is 0 Å². The summed E-state index contributed by atoms with van der Waals surface area (Å²) in [5.41, 5.74) is 1.81. The molecule has 1 heterocycles. The number of nitrogens with zero attached hydrogens (tertiary/aromatic N) is 2. The molecule has 0 fully saturated rings. The predicted molar refractivity (Wildman–Crippen MR) is 110 cm³/mol. The monoisotopic (exact) mass is 440 g/mol. The van der Waals surface area contributed by atoms with Gasteiger partial charge in [0.15, 0.2) is 0 Å². The van der Waals surface area contributed by atoms with Crippen molar-refractivity contribution in [2.45, 2.75) is 12.7 Å². The minimum Gasteiger partial charge on any atom is -0.480 e. The summed E-state index contributed by atoms with van der Waals surface area (Å²) < 4.78 is 6.17. The van der Waals surface area contributed by atoms with Gasteiger partial charge in [-0.1, -0.05) is 53.0 Å². The Morgan fingerprint density at radius 3 is 2.39 bits per heavy atom. The fraction of sp³-hybridized carbons (Fsp3) is 0.250. The molecule has 0 saturated carbocycles. The molecule has 0 saturated heterocycles. The summed E-state index contributed by atoms with van der Waals surface area (Å²) in [5, 5.41) is 10.7. The second kappa shape index (κ2) is 9.52. The minimum atomic E-state index is -0.872. The van der Waals surface area contributed by atoms with E-state index in [1.165, 1.54) is 0 Å². The van der Waals surface area contributed by atoms with Gasteiger partial charge in [0.05, 0.1) is 13.3 Å². The second-order valence-electron chi connectivity index (χ2n) is 6.44. The molecule has 2 aromatic carbocycles. The minimum absolute atomic E-state index is 0.0506. The van der Waals surface area contributed by atoms with Gasteiger partial charge in [0.25, 0.3) is 0 Å². The summed E-state index contributed by atoms with van der Waals surface area (Å²) in [6, 6.07) is 12.8. The first-order valence-electron chi connectivity index (χ1n) is 8.60. The van der Waals surface area contributed by atoms with Crippen molar-refractivity contribution in [2.24, 2.45) is 0 Å². The largest absolute Gasteiger partial charge is 0.480 e. The highest BCUT2D eigenvalue weighted by molar-refractivity contribution is 6.35. The molecule has 0 aromatic heterocycles. The van der Waals surface area contributed by atoms with Crippen LogP contribution in [0.2, 0.25) is 15.1 Å². The molecular formula is C20H19Cl3N2O3. The Kier molecular flexibility index (Phi) is 7.08. The van der Waals surface area contributed by atoms with Gasteiger partial charge in [-0.15, -0.1) is 0 Å². The van der Waals surface area contributed by atoms with E-state index in [1.54, 1.807) is 23.2 Å². The van der Waals surface area contributed by atoms with Gasteiger partial charge in [0.2, 0.25) is 0 Å². The van der Waals surface area contributed by atoms with Crippen molar-refractivity contribution in [2.75, 3.05) is 19.8 Å². The normalized spacial score (nSPS) is 14.5. The van der Waals surface area contributed by atoms with Crippen molar-refractivity contribution in [3.8, 4) is 0 Å². The summed E-state index contributed by atoms with van der Waals surface area (Å²) in [7, 11) is 0. The van der Waals surface area contributed by atoms with Gasteiger partial charge in [-0.05, 0) is 29.8 Å². The molecule has 0 amide bonds. The average molecular weight is 442 g/mol. The van der Waals surface area contributed by atoms with E-state index >= 15 is 0 Å². The molecule has 8 heteroatoms. The Hall–Kier alpha value is -1.92. The van der Waals surface area contributed by atoms with Gasteiger partial charge >= 0.3 is 5.97 Å². The highest BCUT2D eigenvalue weighted by atomic mass is 35.5. The van der Waals surface area contributed by atoms with Crippen LogP contribution < -0.4 is 0 Å². The van der Waals surface area contributed by atoms with Gasteiger partial charge in [0, 0.05) is 39.6 Å². The number of aliphatic carboxylic acids is 1. The molecule has 1 atom stereocenters. The van der Waals surface area contributed by atoms with Crippen LogP contribution in [0, 0.1) is 0 Å². The van der Waals surface area contributed by atoms with Crippen LogP contribution in [-0.2, 0) is 16.1 Å². The topological polar surface area (TPSA) is 53.0 Å². The quantitative estimate of drug-likeness (QED) is 0.622. The van der Waals surface area contributed by atoms with Gasteiger partial charge in [0.1, 0.15) is 12.6 Å². The molecule has 1 aliphatic heterocycles. The average Bonchev–Trinajstić information content (AvgIpc) is 3.06. The van der Waals surface area contributed by atoms with Crippen LogP contribution >= 0.6 is 34.8 Å². The third-order valence-corrected chi connectivity index (χ3v) is 5.08. The number of carboxylic acids is 1. The van der Waals surface area contributed by atoms with Crippen molar-refractivity contribution >= 4 is 40.8 Å². The van der Waals surface area contributed by atoms with Crippen molar-refractivity contribution in [3.05, 3.63) is 81.1 Å². The number of benzene rings is 2. The first kappa shape index (κ1) is 20.8. The van der Waals surface area contributed by atoms with Crippen molar-refractivity contribution < 1.29 is 14.6 Å². The molecule has 5 nitrogen and oxygen atoms in total. The van der Waals surface area contributed by atoms with Crippen LogP contribution in [0.4, 0.5) is 0 Å². The number of rotatable bonds is 8. The summed E-state index contributed by atoms with van der Waals surface area (Å²) in [5.74, 6) is -0.872. The molecule has 1 N–H and O–H groups in total. The van der Waals surface area contributed by atoms with Crippen LogP contribution in [0.1, 0.15) is 17.2 Å². The van der Waals surface area contributed by atoms with Crippen LogP contribution in [0.5, 0.6) is 0 Å². The van der Waals surface area contributed by atoms with E-state index in [-0.39, 0.29) is 12.6 Å². The Labute approximate surface area is 178 Å². The van der Waals surface area contributed by atoms with Crippen LogP contribution in [0.15, 0.2) is 54.9 Å². The molecule has 0 aliphatic carbocycles. The smallest absolute Gasteiger partial charge is 0.323 e. The zero-order chi connectivity index (χ0) is 20.1. The molecule has 148 valence electrons. The first-order valence-corrected chi connectivity index (χ1v) is 9.73. The lowest BCUT2D eigenvalue weighted by Gasteiger charge is -2.26. The predicted octanol–water partition coefficient (Wildman–Crippen LogP) is 5.04. The van der Waals surface area contributed by atoms with Gasteiger partial charge in [-0.3, -0.25) is 4.79 Å². The summed E-state index contributed by atoms with van der Waals surface area (Å²) >= 11 is 18.4. The third kappa shape index (κ3) is 5.79. The zero-order valence-electron chi connectivity index (χ0n) is 14.9. The van der Waals surface area contributed by atoms with Crippen molar-refractivity contribution in [1.29, 1.82) is 0 Å². The summed E-state index contributed by atoms with van der Waals surface area (Å²) in [6.45, 7) is 1.32. The van der Waals surface area contributed by atoms with Crippen molar-refractivity contribution in [1.82, 2.24) is 9.80 Å². The highest BCUT2D eigenvalue weighted by Gasteiger charge is 2.22. The van der Waals surface area contributed by atoms with Gasteiger partial charge in [-0.25, -0.2) is 0 Å². The van der Waals surface area contributed by atoms with E-state index in [0.717, 1.165) is 11.1 Å². The molecule has 1 aliphatic rings. The maximum absolute atomic E-state index is 10.9. The van der Waals surface area contributed by atoms with Gasteiger partial charge < -0.3 is 19.6 Å². The number of halogens is 3. The summed E-state index contributed by atoms with van der Waals surface area (Å²) in [4.78, 5) is 14.6. The molecular weight excluding hydrogens is 423 g/mol. The lowest BCUT2D eigenvalue weighted by atomic mass is 10.1. The molecule has 0 spiro atoms. The van der Waals surface area contributed by atoms with E-state index in [0.29, 0.717) is 34.9 Å². The van der Waals surface area contributed by atoms with E-state index in [2.05, 4.69) is 0 Å². The van der Waals surface area contributed by atoms with E-state index in [9.17, 15) is 4.79 Å². The maximum Gasteiger partial charge on any atom is 0.323 e. The fourth-order valence-corrected chi connectivity index (χ4v) is 3.56. The molecule has 0 bridgehead atoms. The third-order valence-electron chi connectivity index (χ3n) is 4.26. The standard InChI is InChI=1S/C20H19Cl3N2O3/c21-15-3-1-14(2-4-15)12-28-19(17-6-5-16(22)9-18(17)23)10-24-7-8-25(13-24)11-20(26)27/h1-9,19H,10-13H2,(H,26,27). The maximum atomic E-state index is 10.9. The fourth-order valence-electron chi connectivity index (χ4n) is 2.91. The Bertz CT molecular complexity index is 858. The number of carboxylic acid groups (broad SMARTS) is 1. The summed E-state index contributed by atoms with van der Waals surface area (Å²) in [6.07, 6.45) is 3.29. The highest BCUT2D eigenvalue weighted by Crippen LogP contribution is 2.30. The number of carbonyl (C=O) groups is 1. The lowest BCUT2D eigenvalue weighted by molar-refractivity contribution is -0.137. The molecule has 1 unspecified atom stereocenters. The molecule has 0 radical (unpaired) electrons. The SMILES string of the molecule is O=C(O)CN1C=CN(CC(OCc2ccc(Cl)cc2)c2ccc(Cl)cc2Cl)C1. The van der Waals surface area contributed by atoms with Crippen LogP contribution in [-0.4, -0.2) is 40.6 Å². The van der Waals surface area contributed by atoms with E-state index in [1.807, 2.05) is 41.4 Å². The lowest BCUT2D eigenvalue weighted by Crippen LogP contribution is -2.32. The molecule has 2 aromatic rings. The Morgan fingerprint density at radius 1 is 1.04 bits per heavy atom. The molecule has 3 rings (SSSR count). The van der Waals surface area contributed by atoms with Crippen LogP contribution in [0.3, 0.4) is 0 Å². The second-order valence-corrected chi connectivity index (χ2v) is 7.72. The van der Waals surface area contributed by atoms with E-state index in [4.69, 9.17) is 44.6 Å². The molecule has 28 heavy (non-hydrogen) atoms. The first-order chi connectivity index (χ1) is 13.4. The number of ether oxygens (including phenoxy) is 1. The Balaban J connectivity index is 1.72. The zero-order valence-corrected chi connectivity index (χ0v) is 17.2. The van der Waals surface area contributed by atoms with Crippen molar-refractivity contribution in [3.63, 3.8) is 0 Å².